The van der Waals surface area contributed by atoms with Gasteiger partial charge in [-0.05, 0) is 31.3 Å². The molecule has 0 saturated heterocycles. The number of rotatable bonds is 3. The van der Waals surface area contributed by atoms with Crippen LogP contribution in [0.1, 0.15) is 26.7 Å². The smallest absolute Gasteiger partial charge is 0.0658 e. The van der Waals surface area contributed by atoms with Gasteiger partial charge in [-0.1, -0.05) is 13.0 Å². The maximum atomic E-state index is 4.98. The van der Waals surface area contributed by atoms with Crippen LogP contribution in [0.2, 0.25) is 0 Å². The van der Waals surface area contributed by atoms with Gasteiger partial charge >= 0.3 is 0 Å². The van der Waals surface area contributed by atoms with Gasteiger partial charge in [0, 0.05) is 12.8 Å². The van der Waals surface area contributed by atoms with Gasteiger partial charge in [0.1, 0.15) is 0 Å². The molecule has 2 nitrogen and oxygen atoms in total. The fourth-order valence-corrected chi connectivity index (χ4v) is 1.72. The van der Waals surface area contributed by atoms with Crippen LogP contribution in [0.3, 0.4) is 0 Å². The molecule has 0 spiro atoms. The maximum Gasteiger partial charge on any atom is 0.0658 e. The van der Waals surface area contributed by atoms with Gasteiger partial charge in [0.2, 0.25) is 0 Å². The highest BCUT2D eigenvalue weighted by Crippen LogP contribution is 2.20. The molecule has 0 aromatic carbocycles. The average Bonchev–Trinajstić information content (AvgIpc) is 2.10. The first-order chi connectivity index (χ1) is 6.25. The summed E-state index contributed by atoms with van der Waals surface area (Å²) in [6.07, 6.45) is 4.73. The molecule has 1 rings (SSSR count). The molecule has 1 aliphatic carbocycles. The van der Waals surface area contributed by atoms with E-state index in [1.165, 1.54) is 24.1 Å². The molecule has 1 unspecified atom stereocenters. The van der Waals surface area contributed by atoms with Crippen LogP contribution in [0.4, 0.5) is 0 Å². The molecular weight excluding hydrogens is 162 g/mol. The lowest BCUT2D eigenvalue weighted by molar-refractivity contribution is 0.208. The van der Waals surface area contributed by atoms with Crippen LogP contribution in [0.5, 0.6) is 0 Å². The molecule has 0 amide bonds. The Morgan fingerprint density at radius 3 is 3.00 bits per heavy atom. The minimum Gasteiger partial charge on any atom is -0.383 e. The van der Waals surface area contributed by atoms with E-state index in [9.17, 15) is 0 Å². The second kappa shape index (κ2) is 5.18. The normalized spacial score (nSPS) is 26.2. The summed E-state index contributed by atoms with van der Waals surface area (Å²) in [6, 6.07) is 0. The highest BCUT2D eigenvalue weighted by atomic mass is 16.5. The number of hydrogen-bond donors (Lipinski definition) is 0. The summed E-state index contributed by atoms with van der Waals surface area (Å²) in [6.45, 7) is 5.92. The molecule has 1 aliphatic rings. The standard InChI is InChI=1S/C11H19NO/c1-9-5-4-6-10(2)11(9)12-7-8-13-3/h5,10H,4,6-8H2,1-3H3. The molecule has 1 atom stereocenters. The Balaban J connectivity index is 2.58. The van der Waals surface area contributed by atoms with Crippen molar-refractivity contribution < 1.29 is 4.74 Å². The van der Waals surface area contributed by atoms with Crippen molar-refractivity contribution >= 4 is 5.71 Å². The first-order valence-corrected chi connectivity index (χ1v) is 4.96. The van der Waals surface area contributed by atoms with Crippen molar-refractivity contribution in [3.8, 4) is 0 Å². The molecule has 0 N–H and O–H groups in total. The fourth-order valence-electron chi connectivity index (χ4n) is 1.72. The maximum absolute atomic E-state index is 4.98. The Morgan fingerprint density at radius 1 is 1.62 bits per heavy atom. The third-order valence-corrected chi connectivity index (χ3v) is 2.50. The van der Waals surface area contributed by atoms with Crippen molar-refractivity contribution in [2.24, 2.45) is 10.9 Å². The second-order valence-corrected chi connectivity index (χ2v) is 3.63. The molecular formula is C11H19NO. The summed E-state index contributed by atoms with van der Waals surface area (Å²) in [5, 5.41) is 0. The molecule has 74 valence electrons. The monoisotopic (exact) mass is 181 g/mol. The van der Waals surface area contributed by atoms with Crippen molar-refractivity contribution in [1.29, 1.82) is 0 Å². The van der Waals surface area contributed by atoms with Crippen molar-refractivity contribution in [1.82, 2.24) is 0 Å². The third kappa shape index (κ3) is 2.96. The lowest BCUT2D eigenvalue weighted by atomic mass is 9.89. The van der Waals surface area contributed by atoms with E-state index in [1.807, 2.05) is 0 Å². The average molecular weight is 181 g/mol. The first kappa shape index (κ1) is 10.5. The Kier molecular flexibility index (Phi) is 4.16. The summed E-state index contributed by atoms with van der Waals surface area (Å²) < 4.78 is 4.98. The van der Waals surface area contributed by atoms with Gasteiger partial charge < -0.3 is 4.74 Å². The molecule has 0 aliphatic heterocycles. The van der Waals surface area contributed by atoms with Gasteiger partial charge in [-0.2, -0.15) is 0 Å². The van der Waals surface area contributed by atoms with E-state index < -0.39 is 0 Å². The van der Waals surface area contributed by atoms with Crippen LogP contribution < -0.4 is 0 Å². The molecule has 0 fully saturated rings. The van der Waals surface area contributed by atoms with Gasteiger partial charge in [-0.15, -0.1) is 0 Å². The van der Waals surface area contributed by atoms with Crippen molar-refractivity contribution in [3.05, 3.63) is 11.6 Å². The number of ether oxygens (including phenoxy) is 1. The van der Waals surface area contributed by atoms with E-state index in [-0.39, 0.29) is 0 Å². The third-order valence-electron chi connectivity index (χ3n) is 2.50. The fraction of sp³-hybridized carbons (Fsp3) is 0.727. The first-order valence-electron chi connectivity index (χ1n) is 4.96. The highest BCUT2D eigenvalue weighted by molar-refractivity contribution is 6.01. The Bertz CT molecular complexity index is 218. The highest BCUT2D eigenvalue weighted by Gasteiger charge is 2.15. The van der Waals surface area contributed by atoms with E-state index in [1.54, 1.807) is 7.11 Å². The Morgan fingerprint density at radius 2 is 2.38 bits per heavy atom. The molecule has 0 radical (unpaired) electrons. The van der Waals surface area contributed by atoms with Gasteiger partial charge in [0.05, 0.1) is 13.2 Å². The zero-order valence-corrected chi connectivity index (χ0v) is 8.84. The SMILES string of the molecule is COCCN=C1C(C)=CCCC1C. The van der Waals surface area contributed by atoms with E-state index in [0.717, 1.165) is 13.2 Å². The number of allylic oxidation sites excluding steroid dienone is 2. The molecule has 0 bridgehead atoms. The summed E-state index contributed by atoms with van der Waals surface area (Å²) in [5.74, 6) is 0.627. The zero-order chi connectivity index (χ0) is 9.68. The Hall–Kier alpha value is -0.630. The minimum absolute atomic E-state index is 0.627. The summed E-state index contributed by atoms with van der Waals surface area (Å²) in [7, 11) is 1.72. The number of hydrogen-bond acceptors (Lipinski definition) is 2. The molecule has 0 saturated carbocycles. The van der Waals surface area contributed by atoms with E-state index >= 15 is 0 Å². The quantitative estimate of drug-likeness (QED) is 0.613. The molecule has 0 aromatic heterocycles. The van der Waals surface area contributed by atoms with E-state index in [0.29, 0.717) is 5.92 Å². The molecule has 0 heterocycles. The van der Waals surface area contributed by atoms with Crippen LogP contribution in [0.25, 0.3) is 0 Å². The number of nitrogens with zero attached hydrogens (tertiary/aromatic N) is 1. The van der Waals surface area contributed by atoms with Crippen LogP contribution in [-0.2, 0) is 4.74 Å². The summed E-state index contributed by atoms with van der Waals surface area (Å²) in [4.78, 5) is 4.56. The second-order valence-electron chi connectivity index (χ2n) is 3.63. The van der Waals surface area contributed by atoms with Crippen molar-refractivity contribution in [3.63, 3.8) is 0 Å². The Labute approximate surface area is 80.7 Å². The van der Waals surface area contributed by atoms with Gasteiger partial charge in [0.15, 0.2) is 0 Å². The lowest BCUT2D eigenvalue weighted by Gasteiger charge is -2.19. The van der Waals surface area contributed by atoms with Crippen molar-refractivity contribution in [2.45, 2.75) is 26.7 Å². The predicted molar refractivity (Wildman–Crippen MR) is 56.3 cm³/mol. The van der Waals surface area contributed by atoms with Gasteiger partial charge in [0.25, 0.3) is 0 Å². The largest absolute Gasteiger partial charge is 0.383 e. The number of methoxy groups -OCH3 is 1. The van der Waals surface area contributed by atoms with Gasteiger partial charge in [-0.25, -0.2) is 0 Å². The number of aliphatic imine (C=N–C) groups is 1. The van der Waals surface area contributed by atoms with E-state index in [4.69, 9.17) is 4.74 Å². The molecule has 2 heteroatoms. The lowest BCUT2D eigenvalue weighted by Crippen LogP contribution is -2.17. The molecule has 0 aromatic rings. The van der Waals surface area contributed by atoms with Crippen LogP contribution in [-0.4, -0.2) is 26.0 Å². The van der Waals surface area contributed by atoms with Crippen molar-refractivity contribution in [2.75, 3.05) is 20.3 Å². The molecule has 13 heavy (non-hydrogen) atoms. The van der Waals surface area contributed by atoms with Crippen LogP contribution in [0, 0.1) is 5.92 Å². The predicted octanol–water partition coefficient (Wildman–Crippen LogP) is 2.45. The minimum atomic E-state index is 0.627. The van der Waals surface area contributed by atoms with E-state index in [2.05, 4.69) is 24.9 Å². The van der Waals surface area contributed by atoms with Crippen LogP contribution in [0.15, 0.2) is 16.6 Å². The summed E-state index contributed by atoms with van der Waals surface area (Å²) >= 11 is 0. The summed E-state index contributed by atoms with van der Waals surface area (Å²) in [5.41, 5.74) is 2.64. The topological polar surface area (TPSA) is 21.6 Å². The van der Waals surface area contributed by atoms with Gasteiger partial charge in [-0.3, -0.25) is 4.99 Å². The van der Waals surface area contributed by atoms with Crippen LogP contribution >= 0.6 is 0 Å². The zero-order valence-electron chi connectivity index (χ0n) is 8.84.